The number of hydrogen-bond acceptors (Lipinski definition) is 3. The maximum atomic E-state index is 11.4. The summed E-state index contributed by atoms with van der Waals surface area (Å²) in [4.78, 5) is 13.9. The number of nitrogens with zero attached hydrogens (tertiary/aromatic N) is 1. The van der Waals surface area contributed by atoms with Gasteiger partial charge in [0.05, 0.1) is 11.5 Å². The van der Waals surface area contributed by atoms with Crippen molar-refractivity contribution in [2.75, 3.05) is 19.6 Å². The Morgan fingerprint density at radius 2 is 2.13 bits per heavy atom. The number of likely N-dealkylation sites (N-methyl/N-ethyl adjacent to an activating group) is 2. The number of carbonyl (C=O) groups excluding carboxylic acids is 1. The highest BCUT2D eigenvalue weighted by Crippen LogP contribution is 2.03. The molecule has 1 amide bonds. The van der Waals surface area contributed by atoms with E-state index in [1.807, 2.05) is 20.8 Å². The molecule has 0 aliphatic heterocycles. The van der Waals surface area contributed by atoms with Gasteiger partial charge in [-0.15, -0.1) is 0 Å². The molecular weight excluding hydrogens is 210 g/mol. The van der Waals surface area contributed by atoms with Crippen molar-refractivity contribution in [2.45, 2.75) is 33.2 Å². The summed E-state index contributed by atoms with van der Waals surface area (Å²) in [5.74, 6) is 0.0501. The van der Waals surface area contributed by atoms with Gasteiger partial charge in [-0.05, 0) is 20.4 Å². The van der Waals surface area contributed by atoms with Crippen LogP contribution in [0.25, 0.3) is 0 Å². The van der Waals surface area contributed by atoms with E-state index in [9.17, 15) is 4.79 Å². The van der Waals surface area contributed by atoms with E-state index in [4.69, 9.17) is 18.0 Å². The van der Waals surface area contributed by atoms with Crippen LogP contribution in [-0.4, -0.2) is 41.5 Å². The Morgan fingerprint density at radius 1 is 1.53 bits per heavy atom. The van der Waals surface area contributed by atoms with Crippen LogP contribution in [0.2, 0.25) is 0 Å². The highest BCUT2D eigenvalue weighted by Gasteiger charge is 2.15. The van der Waals surface area contributed by atoms with Crippen LogP contribution in [-0.2, 0) is 4.79 Å². The van der Waals surface area contributed by atoms with Gasteiger partial charge in [0.15, 0.2) is 0 Å². The van der Waals surface area contributed by atoms with Crippen LogP contribution in [0, 0.1) is 0 Å². The van der Waals surface area contributed by atoms with Crippen LogP contribution >= 0.6 is 12.2 Å². The fraction of sp³-hybridized carbons (Fsp3) is 0.800. The lowest BCUT2D eigenvalue weighted by molar-refractivity contribution is -0.122. The van der Waals surface area contributed by atoms with E-state index >= 15 is 0 Å². The Morgan fingerprint density at radius 3 is 2.53 bits per heavy atom. The number of nitrogens with two attached hydrogens (primary N) is 1. The first-order chi connectivity index (χ1) is 7.01. The number of carbonyl (C=O) groups is 1. The maximum absolute atomic E-state index is 11.4. The molecule has 0 bridgehead atoms. The van der Waals surface area contributed by atoms with Crippen LogP contribution in [0.5, 0.6) is 0 Å². The minimum absolute atomic E-state index is 0.0501. The molecule has 1 unspecified atom stereocenters. The molecule has 0 fully saturated rings. The van der Waals surface area contributed by atoms with Gasteiger partial charge >= 0.3 is 0 Å². The monoisotopic (exact) mass is 231 g/mol. The summed E-state index contributed by atoms with van der Waals surface area (Å²) >= 11 is 4.85. The fourth-order valence-corrected chi connectivity index (χ4v) is 1.68. The average Bonchev–Trinajstić information content (AvgIpc) is 2.13. The molecule has 88 valence electrons. The lowest BCUT2D eigenvalue weighted by Crippen LogP contribution is -2.42. The lowest BCUT2D eigenvalue weighted by atomic mass is 10.2. The van der Waals surface area contributed by atoms with Crippen molar-refractivity contribution in [1.29, 1.82) is 0 Å². The minimum Gasteiger partial charge on any atom is -0.393 e. The highest BCUT2D eigenvalue weighted by atomic mass is 32.1. The Kier molecular flexibility index (Phi) is 7.25. The van der Waals surface area contributed by atoms with E-state index in [1.54, 1.807) is 0 Å². The van der Waals surface area contributed by atoms with Crippen molar-refractivity contribution in [3.63, 3.8) is 0 Å². The zero-order chi connectivity index (χ0) is 11.8. The molecule has 1 atom stereocenters. The Bertz CT molecular complexity index is 221. The number of hydrogen-bond donors (Lipinski definition) is 2. The molecule has 0 aromatic heterocycles. The maximum Gasteiger partial charge on any atom is 0.234 e. The van der Waals surface area contributed by atoms with Gasteiger partial charge in [0.2, 0.25) is 5.91 Å². The number of rotatable bonds is 7. The van der Waals surface area contributed by atoms with Crippen molar-refractivity contribution in [2.24, 2.45) is 5.73 Å². The zero-order valence-corrected chi connectivity index (χ0v) is 10.6. The van der Waals surface area contributed by atoms with Crippen molar-refractivity contribution in [1.82, 2.24) is 10.2 Å². The quantitative estimate of drug-likeness (QED) is 0.627. The standard InChI is InChI=1S/C10H21N3OS/c1-4-12-10(14)7-13(5-2)8(3)6-9(11)15/h8H,4-7H2,1-3H3,(H2,11,15)(H,12,14). The molecule has 0 aromatic rings. The highest BCUT2D eigenvalue weighted by molar-refractivity contribution is 7.80. The fourth-order valence-electron chi connectivity index (χ4n) is 1.44. The summed E-state index contributed by atoms with van der Waals surface area (Å²) in [5.41, 5.74) is 5.48. The van der Waals surface area contributed by atoms with Crippen LogP contribution in [0.1, 0.15) is 27.2 Å². The van der Waals surface area contributed by atoms with Crippen LogP contribution in [0.4, 0.5) is 0 Å². The molecule has 0 aliphatic rings. The molecular formula is C10H21N3OS. The van der Waals surface area contributed by atoms with Crippen molar-refractivity contribution in [3.8, 4) is 0 Å². The summed E-state index contributed by atoms with van der Waals surface area (Å²) in [6.45, 7) is 7.86. The van der Waals surface area contributed by atoms with E-state index in [0.717, 1.165) is 6.54 Å². The molecule has 0 saturated carbocycles. The molecule has 3 N–H and O–H groups in total. The van der Waals surface area contributed by atoms with Crippen molar-refractivity contribution < 1.29 is 4.79 Å². The number of amides is 1. The summed E-state index contributed by atoms with van der Waals surface area (Å²) in [6.07, 6.45) is 0.655. The molecule has 5 heteroatoms. The molecule has 0 rings (SSSR count). The van der Waals surface area contributed by atoms with Crippen LogP contribution < -0.4 is 11.1 Å². The Hall–Kier alpha value is -0.680. The lowest BCUT2D eigenvalue weighted by Gasteiger charge is -2.26. The second-order valence-electron chi connectivity index (χ2n) is 3.54. The summed E-state index contributed by atoms with van der Waals surface area (Å²) in [5, 5.41) is 2.77. The van der Waals surface area contributed by atoms with Gasteiger partial charge in [-0.1, -0.05) is 19.1 Å². The Balaban J connectivity index is 4.11. The summed E-state index contributed by atoms with van der Waals surface area (Å²) in [7, 11) is 0. The van der Waals surface area contributed by atoms with Gasteiger partial charge in [0.1, 0.15) is 0 Å². The van der Waals surface area contributed by atoms with E-state index in [-0.39, 0.29) is 11.9 Å². The topological polar surface area (TPSA) is 58.4 Å². The smallest absolute Gasteiger partial charge is 0.234 e. The number of nitrogens with one attached hydrogen (secondary N) is 1. The summed E-state index contributed by atoms with van der Waals surface area (Å²) in [6, 6.07) is 0.218. The third kappa shape index (κ3) is 6.41. The third-order valence-corrected chi connectivity index (χ3v) is 2.41. The van der Waals surface area contributed by atoms with E-state index in [2.05, 4.69) is 10.2 Å². The van der Waals surface area contributed by atoms with E-state index < -0.39 is 0 Å². The normalized spacial score (nSPS) is 12.5. The molecule has 4 nitrogen and oxygen atoms in total. The predicted molar refractivity (Wildman–Crippen MR) is 66.8 cm³/mol. The largest absolute Gasteiger partial charge is 0.393 e. The van der Waals surface area contributed by atoms with Gasteiger partial charge in [0.25, 0.3) is 0 Å². The molecule has 0 heterocycles. The van der Waals surface area contributed by atoms with Crippen molar-refractivity contribution in [3.05, 3.63) is 0 Å². The third-order valence-electron chi connectivity index (χ3n) is 2.25. The first-order valence-corrected chi connectivity index (χ1v) is 5.71. The average molecular weight is 231 g/mol. The molecule has 0 aromatic carbocycles. The van der Waals surface area contributed by atoms with Gasteiger partial charge in [-0.3, -0.25) is 9.69 Å². The second kappa shape index (κ2) is 7.59. The molecule has 0 radical (unpaired) electrons. The first-order valence-electron chi connectivity index (χ1n) is 5.30. The SMILES string of the molecule is CCNC(=O)CN(CC)C(C)CC(N)=S. The van der Waals surface area contributed by atoms with E-state index in [1.165, 1.54) is 0 Å². The Labute approximate surface area is 97.2 Å². The molecule has 15 heavy (non-hydrogen) atoms. The van der Waals surface area contributed by atoms with Gasteiger partial charge < -0.3 is 11.1 Å². The van der Waals surface area contributed by atoms with Gasteiger partial charge in [-0.25, -0.2) is 0 Å². The van der Waals surface area contributed by atoms with Crippen LogP contribution in [0.3, 0.4) is 0 Å². The predicted octanol–water partition coefficient (Wildman–Crippen LogP) is 0.509. The van der Waals surface area contributed by atoms with Gasteiger partial charge in [0, 0.05) is 19.0 Å². The number of thiocarbonyl (C=S) groups is 1. The van der Waals surface area contributed by atoms with Gasteiger partial charge in [-0.2, -0.15) is 0 Å². The minimum atomic E-state index is 0.0501. The molecule has 0 saturated heterocycles. The first kappa shape index (κ1) is 14.3. The van der Waals surface area contributed by atoms with E-state index in [0.29, 0.717) is 24.5 Å². The van der Waals surface area contributed by atoms with Crippen LogP contribution in [0.15, 0.2) is 0 Å². The second-order valence-corrected chi connectivity index (χ2v) is 4.06. The summed E-state index contributed by atoms with van der Waals surface area (Å²) < 4.78 is 0. The molecule has 0 spiro atoms. The van der Waals surface area contributed by atoms with Crippen molar-refractivity contribution >= 4 is 23.1 Å². The zero-order valence-electron chi connectivity index (χ0n) is 9.75. The molecule has 0 aliphatic carbocycles.